The summed E-state index contributed by atoms with van der Waals surface area (Å²) in [5.41, 5.74) is 1.88. The summed E-state index contributed by atoms with van der Waals surface area (Å²) < 4.78 is 8.08. The summed E-state index contributed by atoms with van der Waals surface area (Å²) >= 11 is 1.46. The number of aromatic nitrogens is 3. The highest BCUT2D eigenvalue weighted by Crippen LogP contribution is 2.20. The Morgan fingerprint density at radius 2 is 2.25 bits per heavy atom. The topological polar surface area (TPSA) is 60.9 Å². The Balaban J connectivity index is 2.05. The maximum absolute atomic E-state index is 11.9. The van der Waals surface area contributed by atoms with Gasteiger partial charge < -0.3 is 9.09 Å². The molecule has 0 saturated carbocycles. The van der Waals surface area contributed by atoms with E-state index in [1.807, 2.05) is 36.8 Å². The van der Waals surface area contributed by atoms with E-state index in [2.05, 4.69) is 10.1 Å². The van der Waals surface area contributed by atoms with Gasteiger partial charge in [-0.15, -0.1) is 11.3 Å². The van der Waals surface area contributed by atoms with Crippen molar-refractivity contribution in [1.82, 2.24) is 14.7 Å². The van der Waals surface area contributed by atoms with E-state index in [0.29, 0.717) is 18.3 Å². The van der Waals surface area contributed by atoms with Crippen molar-refractivity contribution in [3.8, 4) is 0 Å². The molecule has 6 heteroatoms. The van der Waals surface area contributed by atoms with Gasteiger partial charge in [-0.2, -0.15) is 4.98 Å². The van der Waals surface area contributed by atoms with Crippen LogP contribution in [0.25, 0.3) is 10.2 Å². The van der Waals surface area contributed by atoms with Gasteiger partial charge in [0.05, 0.1) is 10.2 Å². The van der Waals surface area contributed by atoms with Crippen LogP contribution in [0.2, 0.25) is 0 Å². The second-order valence-corrected chi connectivity index (χ2v) is 5.99. The van der Waals surface area contributed by atoms with Crippen LogP contribution in [-0.2, 0) is 6.54 Å². The first-order chi connectivity index (χ1) is 9.56. The first-order valence-corrected chi connectivity index (χ1v) is 7.34. The van der Waals surface area contributed by atoms with E-state index in [-0.39, 0.29) is 11.3 Å². The highest BCUT2D eigenvalue weighted by molar-refractivity contribution is 7.17. The Labute approximate surface area is 119 Å². The van der Waals surface area contributed by atoms with Crippen LogP contribution in [0.3, 0.4) is 0 Å². The van der Waals surface area contributed by atoms with Crippen LogP contribution in [0.5, 0.6) is 0 Å². The summed E-state index contributed by atoms with van der Waals surface area (Å²) in [6.07, 6.45) is 0. The lowest BCUT2D eigenvalue weighted by Crippen LogP contribution is -2.11. The van der Waals surface area contributed by atoms with Crippen LogP contribution in [0.15, 0.2) is 26.8 Å². The second-order valence-electron chi connectivity index (χ2n) is 5.07. The summed E-state index contributed by atoms with van der Waals surface area (Å²) in [7, 11) is 0. The molecule has 104 valence electrons. The maximum atomic E-state index is 11.9. The minimum atomic E-state index is 0.0668. The number of aryl methyl sites for hydroxylation is 1. The molecule has 0 radical (unpaired) electrons. The summed E-state index contributed by atoms with van der Waals surface area (Å²) in [5, 5.41) is 5.89. The van der Waals surface area contributed by atoms with Gasteiger partial charge in [0.2, 0.25) is 5.89 Å². The average molecular weight is 289 g/mol. The molecule has 3 aromatic rings. The molecule has 5 nitrogen and oxygen atoms in total. The number of nitrogens with zero attached hydrogens (tertiary/aromatic N) is 3. The van der Waals surface area contributed by atoms with Crippen molar-refractivity contribution in [2.45, 2.75) is 33.2 Å². The van der Waals surface area contributed by atoms with Gasteiger partial charge in [0.15, 0.2) is 11.3 Å². The summed E-state index contributed by atoms with van der Waals surface area (Å²) in [6, 6.07) is 3.60. The Hall–Kier alpha value is -1.95. The number of pyridine rings is 1. The minimum Gasteiger partial charge on any atom is -0.337 e. The predicted octanol–water partition coefficient (Wildman–Crippen LogP) is 2.93. The van der Waals surface area contributed by atoms with Gasteiger partial charge >= 0.3 is 0 Å². The molecule has 0 atom stereocenters. The zero-order chi connectivity index (χ0) is 14.3. The molecular weight excluding hydrogens is 274 g/mol. The predicted molar refractivity (Wildman–Crippen MR) is 78.3 cm³/mol. The van der Waals surface area contributed by atoms with Crippen LogP contribution in [0.4, 0.5) is 0 Å². The minimum absolute atomic E-state index is 0.0668. The number of fused-ring (bicyclic) bond motifs is 1. The van der Waals surface area contributed by atoms with E-state index in [1.165, 1.54) is 11.3 Å². The molecule has 0 fully saturated rings. The first-order valence-electron chi connectivity index (χ1n) is 6.46. The standard InChI is InChI=1S/C14H15N3O2S/c1-8(2)14-15-12(19-16-14)7-17-9(3)6-11(18)13-10(17)4-5-20-13/h4-6,8H,7H2,1-3H3. The molecule has 3 rings (SSSR count). The molecule has 0 spiro atoms. The van der Waals surface area contributed by atoms with Crippen LogP contribution in [0, 0.1) is 6.92 Å². The first kappa shape index (κ1) is 13.1. The third kappa shape index (κ3) is 2.16. The molecule has 0 N–H and O–H groups in total. The van der Waals surface area contributed by atoms with E-state index < -0.39 is 0 Å². The van der Waals surface area contributed by atoms with Crippen molar-refractivity contribution in [2.75, 3.05) is 0 Å². The van der Waals surface area contributed by atoms with Gasteiger partial charge in [0, 0.05) is 17.7 Å². The van der Waals surface area contributed by atoms with Crippen LogP contribution >= 0.6 is 11.3 Å². The quantitative estimate of drug-likeness (QED) is 0.743. The number of thiophene rings is 1. The van der Waals surface area contributed by atoms with Gasteiger partial charge in [-0.25, -0.2) is 0 Å². The molecule has 0 amide bonds. The van der Waals surface area contributed by atoms with E-state index in [1.54, 1.807) is 6.07 Å². The fourth-order valence-corrected chi connectivity index (χ4v) is 2.94. The molecule has 3 aromatic heterocycles. The molecule has 0 saturated heterocycles. The lowest BCUT2D eigenvalue weighted by atomic mass is 10.2. The van der Waals surface area contributed by atoms with Crippen molar-refractivity contribution < 1.29 is 4.52 Å². The Morgan fingerprint density at radius 3 is 2.95 bits per heavy atom. The van der Waals surface area contributed by atoms with Crippen molar-refractivity contribution in [2.24, 2.45) is 0 Å². The number of hydrogen-bond acceptors (Lipinski definition) is 5. The van der Waals surface area contributed by atoms with Crippen LogP contribution in [-0.4, -0.2) is 14.7 Å². The maximum Gasteiger partial charge on any atom is 0.246 e. The van der Waals surface area contributed by atoms with Crippen molar-refractivity contribution >= 4 is 21.6 Å². The van der Waals surface area contributed by atoms with Gasteiger partial charge in [-0.05, 0) is 18.4 Å². The van der Waals surface area contributed by atoms with E-state index in [0.717, 1.165) is 15.9 Å². The molecule has 3 heterocycles. The lowest BCUT2D eigenvalue weighted by Gasteiger charge is -2.09. The summed E-state index contributed by atoms with van der Waals surface area (Å²) in [5.74, 6) is 1.51. The molecule has 0 aliphatic carbocycles. The van der Waals surface area contributed by atoms with E-state index in [9.17, 15) is 4.79 Å². The van der Waals surface area contributed by atoms with Crippen molar-refractivity contribution in [1.29, 1.82) is 0 Å². The summed E-state index contributed by atoms with van der Waals surface area (Å²) in [6.45, 7) is 6.45. The molecule has 0 unspecified atom stereocenters. The normalized spacial score (nSPS) is 11.6. The molecule has 0 bridgehead atoms. The average Bonchev–Trinajstić information content (AvgIpc) is 3.03. The van der Waals surface area contributed by atoms with Gasteiger partial charge in [0.1, 0.15) is 6.54 Å². The summed E-state index contributed by atoms with van der Waals surface area (Å²) in [4.78, 5) is 16.3. The number of hydrogen-bond donors (Lipinski definition) is 0. The fraction of sp³-hybridized carbons (Fsp3) is 0.357. The highest BCUT2D eigenvalue weighted by Gasteiger charge is 2.13. The molecule has 0 aliphatic heterocycles. The van der Waals surface area contributed by atoms with Gasteiger partial charge in [-0.1, -0.05) is 19.0 Å². The highest BCUT2D eigenvalue weighted by atomic mass is 32.1. The molecular formula is C14H15N3O2S. The van der Waals surface area contributed by atoms with Crippen molar-refractivity contribution in [3.05, 3.63) is 45.1 Å². The van der Waals surface area contributed by atoms with Crippen molar-refractivity contribution in [3.63, 3.8) is 0 Å². The Kier molecular flexibility index (Phi) is 3.17. The smallest absolute Gasteiger partial charge is 0.246 e. The van der Waals surface area contributed by atoms with Gasteiger partial charge in [-0.3, -0.25) is 4.79 Å². The van der Waals surface area contributed by atoms with E-state index >= 15 is 0 Å². The zero-order valence-corrected chi connectivity index (χ0v) is 12.4. The fourth-order valence-electron chi connectivity index (χ4n) is 2.13. The third-order valence-corrected chi connectivity index (χ3v) is 4.14. The third-order valence-electron chi connectivity index (χ3n) is 3.22. The largest absolute Gasteiger partial charge is 0.337 e. The zero-order valence-electron chi connectivity index (χ0n) is 11.6. The SMILES string of the molecule is Cc1cc(=O)c2sccc2n1Cc1nc(C(C)C)no1. The van der Waals surface area contributed by atoms with E-state index in [4.69, 9.17) is 4.52 Å². The monoisotopic (exact) mass is 289 g/mol. The molecule has 0 aromatic carbocycles. The number of rotatable bonds is 3. The molecule has 0 aliphatic rings. The Bertz CT molecular complexity index is 813. The second kappa shape index (κ2) is 4.86. The van der Waals surface area contributed by atoms with Crippen LogP contribution < -0.4 is 5.43 Å². The molecule has 20 heavy (non-hydrogen) atoms. The lowest BCUT2D eigenvalue weighted by molar-refractivity contribution is 0.365. The van der Waals surface area contributed by atoms with Gasteiger partial charge in [0.25, 0.3) is 0 Å². The van der Waals surface area contributed by atoms with Crippen LogP contribution in [0.1, 0.15) is 37.2 Å². The Morgan fingerprint density at radius 1 is 1.45 bits per heavy atom.